The highest BCUT2D eigenvalue weighted by atomic mass is 16.5. The summed E-state index contributed by atoms with van der Waals surface area (Å²) in [5.41, 5.74) is 6.12. The molecule has 1 N–H and O–H groups in total. The van der Waals surface area contributed by atoms with E-state index in [2.05, 4.69) is 32.9 Å². The zero-order chi connectivity index (χ0) is 21.6. The highest BCUT2D eigenvalue weighted by molar-refractivity contribution is 6.43. The molecule has 0 radical (unpaired) electrons. The lowest BCUT2D eigenvalue weighted by Crippen LogP contribution is -2.08. The van der Waals surface area contributed by atoms with Crippen LogP contribution in [-0.4, -0.2) is 35.1 Å². The highest BCUT2D eigenvalue weighted by Crippen LogP contribution is 2.33. The number of rotatable bonds is 4. The van der Waals surface area contributed by atoms with Crippen molar-refractivity contribution in [2.75, 3.05) is 13.7 Å². The van der Waals surface area contributed by atoms with Gasteiger partial charge in [0, 0.05) is 29.2 Å². The van der Waals surface area contributed by atoms with Gasteiger partial charge >= 0.3 is 5.97 Å². The van der Waals surface area contributed by atoms with Crippen LogP contribution in [0.25, 0.3) is 16.7 Å². The first-order valence-electron chi connectivity index (χ1n) is 9.67. The molecule has 4 rings (SSSR count). The van der Waals surface area contributed by atoms with Crippen LogP contribution in [0.2, 0.25) is 0 Å². The summed E-state index contributed by atoms with van der Waals surface area (Å²) in [6.45, 7) is 6.63. The van der Waals surface area contributed by atoms with Crippen LogP contribution >= 0.6 is 0 Å². The van der Waals surface area contributed by atoms with E-state index >= 15 is 0 Å². The second kappa shape index (κ2) is 7.37. The molecule has 30 heavy (non-hydrogen) atoms. The molecule has 0 unspecified atom stereocenters. The minimum Gasteiger partial charge on any atom is -0.507 e. The molecule has 1 aromatic heterocycles. The number of benzene rings is 2. The number of hydrogen-bond acceptors (Lipinski definition) is 5. The fourth-order valence-electron chi connectivity index (χ4n) is 4.08. The van der Waals surface area contributed by atoms with Gasteiger partial charge in [0.2, 0.25) is 0 Å². The Morgan fingerprint density at radius 2 is 1.83 bits per heavy atom. The Morgan fingerprint density at radius 1 is 1.13 bits per heavy atom. The van der Waals surface area contributed by atoms with Crippen LogP contribution in [0, 0.1) is 20.8 Å². The summed E-state index contributed by atoms with van der Waals surface area (Å²) in [5, 5.41) is 11.6. The lowest BCUT2D eigenvalue weighted by atomic mass is 10.00. The number of aliphatic hydroxyl groups excluding tert-OH is 1. The van der Waals surface area contributed by atoms with Gasteiger partial charge in [-0.15, -0.1) is 0 Å². The number of fused-ring (bicyclic) bond motifs is 1. The number of aliphatic hydroxyl groups is 1. The Morgan fingerprint density at radius 3 is 2.43 bits per heavy atom. The molecule has 1 fully saturated rings. The number of hydrogen-bond donors (Lipinski definition) is 1. The van der Waals surface area contributed by atoms with Gasteiger partial charge in [-0.2, -0.15) is 0 Å². The van der Waals surface area contributed by atoms with E-state index < -0.39 is 11.8 Å². The summed E-state index contributed by atoms with van der Waals surface area (Å²) in [7, 11) is 1.57. The van der Waals surface area contributed by atoms with E-state index in [0.717, 1.165) is 10.9 Å². The van der Waals surface area contributed by atoms with E-state index in [1.54, 1.807) is 13.3 Å². The maximum Gasteiger partial charge on any atom is 0.379 e. The first-order valence-corrected chi connectivity index (χ1v) is 9.67. The van der Waals surface area contributed by atoms with Crippen molar-refractivity contribution < 1.29 is 24.2 Å². The summed E-state index contributed by atoms with van der Waals surface area (Å²) in [5.74, 6) is -1.35. The Kier molecular flexibility index (Phi) is 4.86. The molecule has 3 aromatic rings. The average molecular weight is 405 g/mol. The molecular formula is C24H23NO5. The van der Waals surface area contributed by atoms with Crippen LogP contribution < -0.4 is 4.74 Å². The molecule has 6 heteroatoms. The smallest absolute Gasteiger partial charge is 0.379 e. The number of nitrogens with zero attached hydrogens (tertiary/aromatic N) is 1. The molecule has 0 bridgehead atoms. The van der Waals surface area contributed by atoms with E-state index in [4.69, 9.17) is 9.47 Å². The number of ether oxygens (including phenoxy) is 2. The standard InChI is InChI=1S/C24H23NO5/c1-13-7-14(2)18(15(3)8-13)10-25-11-19(17-9-16(29-4)5-6-21(17)25)22(26)20-12-30-24(28)23(20)27/h5-9,11,26H,10,12H2,1-4H3/b22-20-. The van der Waals surface area contributed by atoms with Gasteiger partial charge in [0.15, 0.2) is 0 Å². The zero-order valence-electron chi connectivity index (χ0n) is 17.4. The lowest BCUT2D eigenvalue weighted by molar-refractivity contribution is -0.146. The van der Waals surface area contributed by atoms with Crippen LogP contribution in [-0.2, 0) is 20.9 Å². The lowest BCUT2D eigenvalue weighted by Gasteiger charge is -2.13. The fraction of sp³-hybridized carbons (Fsp3) is 0.250. The summed E-state index contributed by atoms with van der Waals surface area (Å²) in [6, 6.07) is 9.89. The third-order valence-electron chi connectivity index (χ3n) is 5.61. The number of carbonyl (C=O) groups excluding carboxylic acids is 2. The summed E-state index contributed by atoms with van der Waals surface area (Å²) < 4.78 is 12.2. The molecule has 1 saturated heterocycles. The first kappa shape index (κ1) is 19.8. The Labute approximate surface area is 174 Å². The quantitative estimate of drug-likeness (QED) is 0.307. The number of esters is 1. The molecule has 0 aliphatic carbocycles. The maximum absolute atomic E-state index is 12.1. The molecule has 0 saturated carbocycles. The number of ketones is 1. The predicted octanol–water partition coefficient (Wildman–Crippen LogP) is 4.02. The number of Topliss-reactive ketones (excluding diaryl/α,β-unsaturated/α-hetero) is 1. The van der Waals surface area contributed by atoms with Crippen molar-refractivity contribution >= 4 is 28.4 Å². The molecule has 154 valence electrons. The Hall–Kier alpha value is -3.54. The second-order valence-electron chi connectivity index (χ2n) is 7.66. The van der Waals surface area contributed by atoms with Crippen LogP contribution in [0.3, 0.4) is 0 Å². The monoisotopic (exact) mass is 405 g/mol. The van der Waals surface area contributed by atoms with Crippen LogP contribution in [0.4, 0.5) is 0 Å². The van der Waals surface area contributed by atoms with Crippen molar-refractivity contribution in [3.05, 3.63) is 69.9 Å². The minimum absolute atomic E-state index is 0.0235. The van der Waals surface area contributed by atoms with Gasteiger partial charge in [-0.25, -0.2) is 4.79 Å². The van der Waals surface area contributed by atoms with Crippen molar-refractivity contribution in [1.82, 2.24) is 4.57 Å². The largest absolute Gasteiger partial charge is 0.507 e. The maximum atomic E-state index is 12.1. The Balaban J connectivity index is 1.90. The van der Waals surface area contributed by atoms with Crippen molar-refractivity contribution in [3.63, 3.8) is 0 Å². The molecule has 1 aliphatic rings. The van der Waals surface area contributed by atoms with Crippen molar-refractivity contribution in [2.45, 2.75) is 27.3 Å². The fourth-order valence-corrected chi connectivity index (χ4v) is 4.08. The van der Waals surface area contributed by atoms with Crippen LogP contribution in [0.5, 0.6) is 5.75 Å². The topological polar surface area (TPSA) is 77.8 Å². The number of cyclic esters (lactones) is 1. The van der Waals surface area contributed by atoms with E-state index in [9.17, 15) is 14.7 Å². The van der Waals surface area contributed by atoms with Gasteiger partial charge in [-0.3, -0.25) is 4.79 Å². The average Bonchev–Trinajstić information content (AvgIpc) is 3.24. The molecular weight excluding hydrogens is 382 g/mol. The van der Waals surface area contributed by atoms with Crippen LogP contribution in [0.15, 0.2) is 42.1 Å². The Bertz CT molecular complexity index is 1210. The van der Waals surface area contributed by atoms with Crippen molar-refractivity contribution in [1.29, 1.82) is 0 Å². The van der Waals surface area contributed by atoms with Gasteiger partial charge in [-0.05, 0) is 55.7 Å². The molecule has 2 aromatic carbocycles. The highest BCUT2D eigenvalue weighted by Gasteiger charge is 2.33. The third-order valence-corrected chi connectivity index (χ3v) is 5.61. The molecule has 0 amide bonds. The molecule has 1 aliphatic heterocycles. The first-order chi connectivity index (χ1) is 14.3. The minimum atomic E-state index is -0.941. The molecule has 6 nitrogen and oxygen atoms in total. The predicted molar refractivity (Wildman–Crippen MR) is 114 cm³/mol. The van der Waals surface area contributed by atoms with E-state index in [1.165, 1.54) is 22.3 Å². The van der Waals surface area contributed by atoms with Crippen molar-refractivity contribution in [2.24, 2.45) is 0 Å². The number of carbonyl (C=O) groups is 2. The second-order valence-corrected chi connectivity index (χ2v) is 7.66. The van der Waals surface area contributed by atoms with Crippen molar-refractivity contribution in [3.8, 4) is 5.75 Å². The molecule has 0 atom stereocenters. The van der Waals surface area contributed by atoms with Gasteiger partial charge in [0.25, 0.3) is 5.78 Å². The molecule has 0 spiro atoms. The van der Waals surface area contributed by atoms with Crippen LogP contribution in [0.1, 0.15) is 27.8 Å². The summed E-state index contributed by atoms with van der Waals surface area (Å²) >= 11 is 0. The number of methoxy groups -OCH3 is 1. The number of aromatic nitrogens is 1. The van der Waals surface area contributed by atoms with E-state index in [-0.39, 0.29) is 17.9 Å². The normalized spacial score (nSPS) is 15.6. The summed E-state index contributed by atoms with van der Waals surface area (Å²) in [4.78, 5) is 23.6. The SMILES string of the molecule is COc1ccc2c(c1)c(/C(O)=C1\COC(=O)C1=O)cn2Cc1c(C)cc(C)cc1C. The number of aryl methyl sites for hydroxylation is 3. The zero-order valence-corrected chi connectivity index (χ0v) is 17.4. The third kappa shape index (κ3) is 3.24. The van der Waals surface area contributed by atoms with Gasteiger partial charge in [-0.1, -0.05) is 17.7 Å². The van der Waals surface area contributed by atoms with Gasteiger partial charge in [0.1, 0.15) is 18.1 Å². The van der Waals surface area contributed by atoms with E-state index in [1.807, 2.05) is 22.8 Å². The van der Waals surface area contributed by atoms with Gasteiger partial charge in [0.05, 0.1) is 12.7 Å². The molecule has 2 heterocycles. The van der Waals surface area contributed by atoms with E-state index in [0.29, 0.717) is 17.9 Å². The van der Waals surface area contributed by atoms with Gasteiger partial charge < -0.3 is 19.1 Å². The summed E-state index contributed by atoms with van der Waals surface area (Å²) in [6.07, 6.45) is 1.81.